The number of carbonyl (C=O) groups is 2. The number of morpholine rings is 1. The molecule has 5 fully saturated rings. The fourth-order valence-electron chi connectivity index (χ4n) is 12.8. The zero-order chi connectivity index (χ0) is 55.0. The fourth-order valence-corrected chi connectivity index (χ4v) is 13.6. The van der Waals surface area contributed by atoms with Crippen molar-refractivity contribution in [3.05, 3.63) is 107 Å². The van der Waals surface area contributed by atoms with Crippen LogP contribution in [0.3, 0.4) is 0 Å². The lowest BCUT2D eigenvalue weighted by molar-refractivity contribution is -0.141. The summed E-state index contributed by atoms with van der Waals surface area (Å²) in [5.41, 5.74) is 13.8. The van der Waals surface area contributed by atoms with Crippen LogP contribution in [0.1, 0.15) is 119 Å². The van der Waals surface area contributed by atoms with Gasteiger partial charge in [0.1, 0.15) is 17.7 Å². The fraction of sp³-hybridized carbons (Fsp3) is 0.517. The summed E-state index contributed by atoms with van der Waals surface area (Å²) in [6.45, 7) is 17.9. The van der Waals surface area contributed by atoms with Gasteiger partial charge in [-0.25, -0.2) is 4.98 Å². The molecule has 18 nitrogen and oxygen atoms in total. The predicted octanol–water partition coefficient (Wildman–Crippen LogP) is 7.45. The van der Waals surface area contributed by atoms with Gasteiger partial charge in [0.25, 0.3) is 0 Å². The van der Waals surface area contributed by atoms with Crippen molar-refractivity contribution in [2.24, 2.45) is 17.3 Å². The van der Waals surface area contributed by atoms with Gasteiger partial charge in [0.15, 0.2) is 17.4 Å². The number of anilines is 2. The van der Waals surface area contributed by atoms with E-state index in [1.165, 1.54) is 25.7 Å². The molecular formula is C60H74N12O6S. The number of piperidine rings is 2. The lowest BCUT2D eigenvalue weighted by Gasteiger charge is -2.56. The molecule has 0 bridgehead atoms. The Morgan fingerprint density at radius 2 is 1.73 bits per heavy atom. The molecule has 2 aromatic carbocycles. The number of β-amino-alcohol motifs (C(OH)–C–C–N with tert-alkyl or cyclic N) is 1. The van der Waals surface area contributed by atoms with Crippen molar-refractivity contribution in [3.8, 4) is 39.3 Å². The number of aryl methyl sites for hydroxylation is 1. The Labute approximate surface area is 466 Å². The number of nitrogens with zero attached hydrogens (tertiary/aromatic N) is 10. The zero-order valence-electron chi connectivity index (χ0n) is 46.0. The summed E-state index contributed by atoms with van der Waals surface area (Å²) in [6, 6.07) is 18.3. The molecule has 79 heavy (non-hydrogen) atoms. The molecule has 1 saturated carbocycles. The number of phenols is 1. The molecule has 0 radical (unpaired) electrons. The highest BCUT2D eigenvalue weighted by Gasteiger charge is 2.49. The van der Waals surface area contributed by atoms with Crippen LogP contribution in [0.4, 0.5) is 11.6 Å². The number of aromatic hydroxyl groups is 1. The number of aliphatic hydroxyl groups is 1. The van der Waals surface area contributed by atoms with E-state index in [0.717, 1.165) is 91.7 Å². The van der Waals surface area contributed by atoms with E-state index in [9.17, 15) is 19.8 Å². The van der Waals surface area contributed by atoms with Gasteiger partial charge in [-0.1, -0.05) is 67.2 Å². The van der Waals surface area contributed by atoms with E-state index < -0.39 is 18.1 Å². The first-order valence-corrected chi connectivity index (χ1v) is 29.1. The maximum Gasteiger partial charge on any atom is 0.243 e. The number of benzene rings is 2. The summed E-state index contributed by atoms with van der Waals surface area (Å²) in [5.74, 6) is 7.22. The van der Waals surface area contributed by atoms with Crippen LogP contribution in [0.25, 0.3) is 21.7 Å². The summed E-state index contributed by atoms with van der Waals surface area (Å²) < 4.78 is 14.3. The summed E-state index contributed by atoms with van der Waals surface area (Å²) in [7, 11) is 0. The van der Waals surface area contributed by atoms with Gasteiger partial charge in [-0.3, -0.25) is 19.2 Å². The maximum atomic E-state index is 14.4. The number of aliphatic hydroxyl groups excluding tert-OH is 1. The van der Waals surface area contributed by atoms with E-state index in [2.05, 4.69) is 64.2 Å². The first-order chi connectivity index (χ1) is 38.2. The molecule has 416 valence electrons. The second kappa shape index (κ2) is 23.2. The quantitative estimate of drug-likeness (QED) is 0.0779. The molecule has 1 spiro atoms. The van der Waals surface area contributed by atoms with Crippen molar-refractivity contribution in [1.29, 1.82) is 0 Å². The van der Waals surface area contributed by atoms with Gasteiger partial charge in [-0.05, 0) is 119 Å². The molecule has 8 heterocycles. The number of nitrogen functional groups attached to an aromatic ring is 1. The maximum absolute atomic E-state index is 14.4. The number of likely N-dealkylation sites (tertiary alicyclic amines) is 2. The van der Waals surface area contributed by atoms with Crippen molar-refractivity contribution in [2.45, 2.75) is 122 Å². The van der Waals surface area contributed by atoms with Gasteiger partial charge < -0.3 is 45.2 Å². The van der Waals surface area contributed by atoms with E-state index in [1.54, 1.807) is 46.7 Å². The molecule has 6 atom stereocenters. The number of aromatic nitrogens is 6. The summed E-state index contributed by atoms with van der Waals surface area (Å²) in [4.78, 5) is 42.9. The largest absolute Gasteiger partial charge is 0.507 e. The van der Waals surface area contributed by atoms with Crippen LogP contribution in [0.2, 0.25) is 0 Å². The molecule has 4 aromatic heterocycles. The summed E-state index contributed by atoms with van der Waals surface area (Å²) in [5, 5.41) is 41.7. The second-order valence-electron chi connectivity index (χ2n) is 23.3. The Morgan fingerprint density at radius 1 is 0.962 bits per heavy atom. The number of nitrogens with two attached hydrogens (primary N) is 1. The van der Waals surface area contributed by atoms with Gasteiger partial charge in [0.2, 0.25) is 11.8 Å². The first kappa shape index (κ1) is 54.3. The Morgan fingerprint density at radius 3 is 2.47 bits per heavy atom. The predicted molar refractivity (Wildman–Crippen MR) is 303 cm³/mol. The van der Waals surface area contributed by atoms with Gasteiger partial charge in [0, 0.05) is 69.6 Å². The third kappa shape index (κ3) is 11.8. The van der Waals surface area contributed by atoms with Gasteiger partial charge >= 0.3 is 0 Å². The molecular weight excluding hydrogens is 1020 g/mol. The Balaban J connectivity index is 0.617. The van der Waals surface area contributed by atoms with E-state index in [0.29, 0.717) is 46.6 Å². The zero-order valence-corrected chi connectivity index (χ0v) is 46.8. The smallest absolute Gasteiger partial charge is 0.243 e. The number of thiazole rings is 1. The number of ether oxygens (including phenoxy) is 1. The average molecular weight is 1090 g/mol. The number of phenolic OH excluding ortho intramolecular Hbond substituents is 1. The molecule has 11 rings (SSSR count). The number of hydrogen-bond donors (Lipinski definition) is 4. The average Bonchev–Trinajstić information content (AvgIpc) is 4.36. The minimum absolute atomic E-state index is 0.0168. The van der Waals surface area contributed by atoms with Gasteiger partial charge in [-0.15, -0.1) is 21.5 Å². The Hall–Kier alpha value is -6.69. The van der Waals surface area contributed by atoms with Crippen LogP contribution in [0, 0.1) is 36.0 Å². The molecule has 1 aliphatic carbocycles. The van der Waals surface area contributed by atoms with Crippen LogP contribution < -0.4 is 16.0 Å². The molecule has 5 N–H and O–H groups in total. The molecule has 0 unspecified atom stereocenters. The monoisotopic (exact) mass is 1090 g/mol. The highest BCUT2D eigenvalue weighted by atomic mass is 32.1. The van der Waals surface area contributed by atoms with Crippen molar-refractivity contribution in [3.63, 3.8) is 0 Å². The second-order valence-corrected chi connectivity index (χ2v) is 24.1. The van der Waals surface area contributed by atoms with E-state index >= 15 is 0 Å². The highest BCUT2D eigenvalue weighted by molar-refractivity contribution is 7.13. The molecule has 4 aliphatic heterocycles. The minimum atomic E-state index is -0.800. The van der Waals surface area contributed by atoms with Crippen LogP contribution >= 0.6 is 11.3 Å². The normalized spacial score (nSPS) is 22.3. The van der Waals surface area contributed by atoms with E-state index in [-0.39, 0.29) is 60.5 Å². The third-order valence-electron chi connectivity index (χ3n) is 17.6. The number of rotatable bonds is 14. The molecule has 2 amide bonds. The van der Waals surface area contributed by atoms with Crippen molar-refractivity contribution >= 4 is 34.8 Å². The first-order valence-electron chi connectivity index (χ1n) is 28.2. The van der Waals surface area contributed by atoms with Crippen LogP contribution in [-0.4, -0.2) is 150 Å². The van der Waals surface area contributed by atoms with Crippen LogP contribution in [0.15, 0.2) is 83.1 Å². The van der Waals surface area contributed by atoms with E-state index in [4.69, 9.17) is 15.0 Å². The molecule has 4 saturated heterocycles. The molecule has 19 heteroatoms. The van der Waals surface area contributed by atoms with Gasteiger partial charge in [0.05, 0.1) is 70.0 Å². The lowest BCUT2D eigenvalue weighted by atomic mass is 9.60. The van der Waals surface area contributed by atoms with Crippen molar-refractivity contribution < 1.29 is 29.1 Å². The standard InChI is InChI=1S/C60H74N12O6S/c1-37(2)55(59(76)71-34-47(73)27-50(71)58(75)64-38(3)43-12-14-44(15-13-43)56-39(4)62-36-79-56)52-28-54(67-78-52)69-20-16-41(17-21-69)32-68-22-18-60(19-23-68)29-46(30-60)70-24-25-77-53(35-70)40(5)72-33-42(31-63-72)10-11-45-26-49(65-66-57(45)61)48-8-6-7-9-51(48)74/h6-9,12-15,26,28,31,33,36-38,40-41,46-47,50,53,55,73-74H,16-25,27,29-30,32,34-35H2,1-5H3,(H2,61,66)(H,64,75)/t38-,40+,47+,50-,53+,55+/m0/s1. The highest BCUT2D eigenvalue weighted by Crippen LogP contribution is 2.51. The minimum Gasteiger partial charge on any atom is -0.507 e. The third-order valence-corrected chi connectivity index (χ3v) is 18.6. The van der Waals surface area contributed by atoms with Crippen molar-refractivity contribution in [2.75, 3.05) is 69.6 Å². The lowest BCUT2D eigenvalue weighted by Crippen LogP contribution is -2.59. The Kier molecular flexibility index (Phi) is 15.9. The number of carbonyl (C=O) groups excluding carboxylic acids is 2. The molecule has 6 aromatic rings. The summed E-state index contributed by atoms with van der Waals surface area (Å²) in [6.07, 6.45) is 10.3. The topological polar surface area (TPSA) is 217 Å². The number of amides is 2. The number of para-hydroxylation sites is 1. The number of nitrogens with one attached hydrogen (secondary N) is 1. The SMILES string of the molecule is Cc1ncsc1-c1ccc([C@H](C)NC(=O)[C@@H]2C[C@@H](O)CN2C(=O)[C@@H](c2cc(N3CCC(CN4CCC5(CC4)CC(N4CCO[C@@H]([C@@H](C)n6cc(C#Cc7cc(-c8ccccc8O)nnc7N)cn6)C4)C5)CC3)no2)C(C)C)cc1. The van der Waals surface area contributed by atoms with E-state index in [1.807, 2.05) is 80.5 Å². The van der Waals surface area contributed by atoms with Crippen LogP contribution in [0.5, 0.6) is 5.75 Å². The molecule has 5 aliphatic rings. The van der Waals surface area contributed by atoms with Gasteiger partial charge in [-0.2, -0.15) is 5.10 Å². The van der Waals surface area contributed by atoms with Crippen molar-refractivity contribution in [1.82, 2.24) is 50.1 Å². The summed E-state index contributed by atoms with van der Waals surface area (Å²) >= 11 is 1.60. The Bertz CT molecular complexity index is 3160. The van der Waals surface area contributed by atoms with Crippen LogP contribution in [-0.2, 0) is 14.3 Å². The number of hydrogen-bond acceptors (Lipinski definition) is 16.